The van der Waals surface area contributed by atoms with Gasteiger partial charge in [-0.3, -0.25) is 14.4 Å². The quantitative estimate of drug-likeness (QED) is 0.403. The molecule has 0 amide bonds. The number of aromatic nitrogens is 2. The summed E-state index contributed by atoms with van der Waals surface area (Å²) in [4.78, 5) is 44.7. The highest BCUT2D eigenvalue weighted by Gasteiger charge is 2.67. The number of allylic oxidation sites excluding steroid dienone is 4. The highest BCUT2D eigenvalue weighted by Crippen LogP contribution is 2.70. The second-order valence-corrected chi connectivity index (χ2v) is 15.4. The van der Waals surface area contributed by atoms with Crippen LogP contribution in [0, 0.1) is 63.6 Å². The van der Waals surface area contributed by atoms with Crippen LogP contribution in [0.4, 0.5) is 0 Å². The van der Waals surface area contributed by atoms with Crippen molar-refractivity contribution in [2.75, 3.05) is 6.61 Å². The maximum absolute atomic E-state index is 14.5. The standard InChI is InChI=1S/C34H43N3O5/c1-19-36-29(42-37-19)34-11-8-22-27(23(34)16-30(3,4)12-13-34)24(39)14-26-31(22,5)10-9-25-32(26,6)15-21(17-35)28(40)33(25,7)18-41-20(2)38/h14-15,22-23,25,27H,8-13,16,18H2,1-7H3/t22?,23?,25?,27?,31-,32-,33-,34+/m0/s1. The molecule has 5 aliphatic carbocycles. The molecule has 8 atom stereocenters. The van der Waals surface area contributed by atoms with Crippen LogP contribution in [0.25, 0.3) is 0 Å². The highest BCUT2D eigenvalue weighted by atomic mass is 16.5. The molecule has 5 aliphatic rings. The fourth-order valence-corrected chi connectivity index (χ4v) is 10.4. The predicted octanol–water partition coefficient (Wildman–Crippen LogP) is 6.00. The zero-order chi connectivity index (χ0) is 30.5. The zero-order valence-corrected chi connectivity index (χ0v) is 26.0. The second kappa shape index (κ2) is 9.21. The highest BCUT2D eigenvalue weighted by molar-refractivity contribution is 6.05. The summed E-state index contributed by atoms with van der Waals surface area (Å²) in [6.45, 7) is 13.9. The molecule has 0 radical (unpaired) electrons. The van der Waals surface area contributed by atoms with Crippen LogP contribution in [-0.4, -0.2) is 34.3 Å². The Kier molecular flexibility index (Phi) is 6.36. The van der Waals surface area contributed by atoms with Crippen molar-refractivity contribution >= 4 is 17.5 Å². The van der Waals surface area contributed by atoms with Crippen molar-refractivity contribution in [2.24, 2.45) is 45.3 Å². The van der Waals surface area contributed by atoms with E-state index >= 15 is 0 Å². The van der Waals surface area contributed by atoms with Crippen LogP contribution in [0.15, 0.2) is 27.8 Å². The van der Waals surface area contributed by atoms with Crippen molar-refractivity contribution in [3.63, 3.8) is 0 Å². The Morgan fingerprint density at radius 3 is 2.48 bits per heavy atom. The van der Waals surface area contributed by atoms with E-state index < -0.39 is 16.8 Å². The number of hydrogen-bond acceptors (Lipinski definition) is 8. The largest absolute Gasteiger partial charge is 0.465 e. The van der Waals surface area contributed by atoms with Crippen molar-refractivity contribution in [2.45, 2.75) is 98.8 Å². The van der Waals surface area contributed by atoms with Gasteiger partial charge in [0.05, 0.1) is 16.4 Å². The van der Waals surface area contributed by atoms with Gasteiger partial charge in [0.15, 0.2) is 17.4 Å². The third-order valence-electron chi connectivity index (χ3n) is 12.4. The number of rotatable bonds is 3. The lowest BCUT2D eigenvalue weighted by atomic mass is 9.38. The molecule has 8 nitrogen and oxygen atoms in total. The minimum absolute atomic E-state index is 0.0757. The Balaban J connectivity index is 1.47. The van der Waals surface area contributed by atoms with Gasteiger partial charge in [-0.2, -0.15) is 10.2 Å². The van der Waals surface area contributed by atoms with E-state index in [0.29, 0.717) is 11.7 Å². The Hall–Kier alpha value is -3.08. The zero-order valence-electron chi connectivity index (χ0n) is 26.0. The molecule has 1 aromatic rings. The summed E-state index contributed by atoms with van der Waals surface area (Å²) in [6, 6.07) is 2.14. The Morgan fingerprint density at radius 2 is 1.83 bits per heavy atom. The molecular formula is C34H43N3O5. The number of Topliss-reactive ketones (excluding diaryl/α,β-unsaturated/α-hetero) is 1. The van der Waals surface area contributed by atoms with Gasteiger partial charge in [0.2, 0.25) is 5.89 Å². The van der Waals surface area contributed by atoms with E-state index in [1.807, 2.05) is 26.0 Å². The molecule has 0 aromatic carbocycles. The lowest BCUT2D eigenvalue weighted by Crippen LogP contribution is -2.62. The first-order valence-electron chi connectivity index (χ1n) is 15.5. The molecule has 0 bridgehead atoms. The van der Waals surface area contributed by atoms with Crippen LogP contribution in [0.3, 0.4) is 0 Å². The number of ether oxygens (including phenoxy) is 1. The molecule has 6 rings (SSSR count). The normalized spacial score (nSPS) is 42.1. The van der Waals surface area contributed by atoms with Crippen molar-refractivity contribution in [1.29, 1.82) is 5.26 Å². The van der Waals surface area contributed by atoms with Crippen molar-refractivity contribution in [1.82, 2.24) is 10.1 Å². The average molecular weight is 574 g/mol. The van der Waals surface area contributed by atoms with E-state index in [1.54, 1.807) is 0 Å². The summed E-state index contributed by atoms with van der Waals surface area (Å²) >= 11 is 0. The number of carbonyl (C=O) groups excluding carboxylic acids is 3. The van der Waals surface area contributed by atoms with Crippen LogP contribution in [-0.2, 0) is 24.5 Å². The maximum atomic E-state index is 14.5. The van der Waals surface area contributed by atoms with Gasteiger partial charge < -0.3 is 9.26 Å². The molecule has 42 heavy (non-hydrogen) atoms. The minimum Gasteiger partial charge on any atom is -0.465 e. The monoisotopic (exact) mass is 573 g/mol. The Morgan fingerprint density at radius 1 is 1.10 bits per heavy atom. The molecule has 0 saturated heterocycles. The number of nitrogens with zero attached hydrogens (tertiary/aromatic N) is 3. The van der Waals surface area contributed by atoms with Gasteiger partial charge in [-0.05, 0) is 93.5 Å². The average Bonchev–Trinajstić information content (AvgIpc) is 3.37. The number of nitriles is 1. The Bertz CT molecular complexity index is 1480. The number of esters is 1. The number of fused-ring (bicyclic) bond motifs is 7. The van der Waals surface area contributed by atoms with Crippen LogP contribution in [0.1, 0.15) is 98.2 Å². The number of hydrogen-bond donors (Lipinski definition) is 0. The molecule has 3 saturated carbocycles. The number of aryl methyl sites for hydroxylation is 1. The SMILES string of the molecule is CC(=O)OC[C@]1(C)C(=O)C(C#N)=C[C@]2(C)C3=CC(=O)C4C5CC(C)(C)CC[C@]5(c5nc(C)no5)CCC4[C@]3(C)CCC21. The Labute approximate surface area is 248 Å². The molecule has 0 N–H and O–H groups in total. The third-order valence-corrected chi connectivity index (χ3v) is 12.4. The molecule has 8 heteroatoms. The molecule has 0 aliphatic heterocycles. The fraction of sp³-hybridized carbons (Fsp3) is 0.706. The van der Waals surface area contributed by atoms with Gasteiger partial charge in [-0.1, -0.05) is 44.5 Å². The number of ketones is 2. The molecule has 3 fully saturated rings. The van der Waals surface area contributed by atoms with Crippen LogP contribution in [0.5, 0.6) is 0 Å². The van der Waals surface area contributed by atoms with Gasteiger partial charge in [0.1, 0.15) is 12.7 Å². The molecule has 4 unspecified atom stereocenters. The van der Waals surface area contributed by atoms with Gasteiger partial charge in [0.25, 0.3) is 0 Å². The topological polar surface area (TPSA) is 123 Å². The molecule has 1 heterocycles. The number of carbonyl (C=O) groups is 3. The first-order chi connectivity index (χ1) is 19.6. The first kappa shape index (κ1) is 29.0. The minimum atomic E-state index is -1.05. The smallest absolute Gasteiger partial charge is 0.302 e. The van der Waals surface area contributed by atoms with Crippen LogP contribution >= 0.6 is 0 Å². The lowest BCUT2D eigenvalue weighted by Gasteiger charge is -2.64. The van der Waals surface area contributed by atoms with Crippen molar-refractivity contribution < 1.29 is 23.6 Å². The molecule has 0 spiro atoms. The van der Waals surface area contributed by atoms with E-state index in [2.05, 4.69) is 38.9 Å². The summed E-state index contributed by atoms with van der Waals surface area (Å²) < 4.78 is 11.3. The lowest BCUT2D eigenvalue weighted by molar-refractivity contribution is -0.154. The van der Waals surface area contributed by atoms with E-state index in [0.717, 1.165) is 50.5 Å². The summed E-state index contributed by atoms with van der Waals surface area (Å²) in [5.74, 6) is 0.608. The molecule has 224 valence electrons. The third kappa shape index (κ3) is 3.87. The molecule has 1 aromatic heterocycles. The summed E-state index contributed by atoms with van der Waals surface area (Å²) in [5.41, 5.74) is -1.09. The van der Waals surface area contributed by atoms with Crippen LogP contribution in [0.2, 0.25) is 0 Å². The van der Waals surface area contributed by atoms with Gasteiger partial charge in [0, 0.05) is 18.3 Å². The van der Waals surface area contributed by atoms with Gasteiger partial charge in [-0.25, -0.2) is 0 Å². The van der Waals surface area contributed by atoms with Crippen molar-refractivity contribution in [3.8, 4) is 6.07 Å². The van der Waals surface area contributed by atoms with E-state index in [4.69, 9.17) is 14.2 Å². The summed E-state index contributed by atoms with van der Waals surface area (Å²) in [6.07, 6.45) is 9.96. The maximum Gasteiger partial charge on any atom is 0.302 e. The van der Waals surface area contributed by atoms with E-state index in [9.17, 15) is 19.6 Å². The van der Waals surface area contributed by atoms with E-state index in [1.165, 1.54) is 6.92 Å². The second-order valence-electron chi connectivity index (χ2n) is 15.4. The first-order valence-corrected chi connectivity index (χ1v) is 15.5. The summed E-state index contributed by atoms with van der Waals surface area (Å²) in [5, 5.41) is 14.2. The predicted molar refractivity (Wildman–Crippen MR) is 154 cm³/mol. The van der Waals surface area contributed by atoms with Gasteiger partial charge >= 0.3 is 5.97 Å². The van der Waals surface area contributed by atoms with Crippen molar-refractivity contribution in [3.05, 3.63) is 35.0 Å². The summed E-state index contributed by atoms with van der Waals surface area (Å²) in [7, 11) is 0. The fourth-order valence-electron chi connectivity index (χ4n) is 10.4. The van der Waals surface area contributed by atoms with Gasteiger partial charge in [-0.15, -0.1) is 0 Å². The van der Waals surface area contributed by atoms with E-state index in [-0.39, 0.29) is 63.7 Å². The molecular weight excluding hydrogens is 530 g/mol. The van der Waals surface area contributed by atoms with Crippen LogP contribution < -0.4 is 0 Å².